The molecule has 8 nitrogen and oxygen atoms in total. The summed E-state index contributed by atoms with van der Waals surface area (Å²) in [6.45, 7) is 11.2. The van der Waals surface area contributed by atoms with E-state index in [0.29, 0.717) is 30.0 Å². The summed E-state index contributed by atoms with van der Waals surface area (Å²) >= 11 is 6.40. The van der Waals surface area contributed by atoms with Crippen LogP contribution in [0.2, 0.25) is 5.02 Å². The summed E-state index contributed by atoms with van der Waals surface area (Å²) in [5.74, 6) is 1.86. The lowest BCUT2D eigenvalue weighted by atomic mass is 9.72. The number of sulfone groups is 1. The van der Waals surface area contributed by atoms with Crippen LogP contribution in [0.1, 0.15) is 47.5 Å². The van der Waals surface area contributed by atoms with Crippen LogP contribution in [-0.4, -0.2) is 42.3 Å². The molecule has 0 radical (unpaired) electrons. The molecule has 1 aliphatic heterocycles. The Kier molecular flexibility index (Phi) is 7.64. The number of fused-ring (bicyclic) bond motifs is 1. The van der Waals surface area contributed by atoms with E-state index >= 15 is 0 Å². The summed E-state index contributed by atoms with van der Waals surface area (Å²) < 4.78 is 31.8. The number of halogens is 1. The van der Waals surface area contributed by atoms with E-state index in [1.54, 1.807) is 38.1 Å². The standard InChI is InChI=1S/C26H34ClN5O3S/c1-6-35-22-14-18-17(11-12-29-26(18,4)5)13-21(22)31-25-28-15-19(27)24(32-25)30-20-9-7-8-10-23(20)36(33,34)16(2)3/h7-10,13,15-16,18,29H,6,11-12,14H2,1-5H3,(H2,28,30,31,32). The maximum Gasteiger partial charge on any atom is 0.229 e. The zero-order chi connectivity index (χ0) is 26.1. The van der Waals surface area contributed by atoms with Crippen LogP contribution in [-0.2, 0) is 14.6 Å². The Labute approximate surface area is 218 Å². The van der Waals surface area contributed by atoms with Gasteiger partial charge in [-0.05, 0) is 65.8 Å². The fourth-order valence-corrected chi connectivity index (χ4v) is 6.00. The summed E-state index contributed by atoms with van der Waals surface area (Å²) in [6.07, 6.45) is 5.39. The molecule has 4 rings (SSSR count). The zero-order valence-electron chi connectivity index (χ0n) is 21.4. The number of ether oxygens (including phenoxy) is 1. The lowest BCUT2D eigenvalue weighted by Crippen LogP contribution is -2.52. The van der Waals surface area contributed by atoms with Gasteiger partial charge in [0.05, 0.1) is 34.3 Å². The normalized spacial score (nSPS) is 19.5. The number of hydrogen-bond acceptors (Lipinski definition) is 8. The van der Waals surface area contributed by atoms with Crippen molar-refractivity contribution in [2.75, 3.05) is 23.8 Å². The van der Waals surface area contributed by atoms with Crippen molar-refractivity contribution in [3.05, 3.63) is 58.6 Å². The van der Waals surface area contributed by atoms with Crippen LogP contribution >= 0.6 is 11.6 Å². The zero-order valence-corrected chi connectivity index (χ0v) is 22.9. The van der Waals surface area contributed by atoms with E-state index in [0.717, 1.165) is 30.8 Å². The van der Waals surface area contributed by atoms with Crippen LogP contribution in [0.5, 0.6) is 0 Å². The Morgan fingerprint density at radius 3 is 2.72 bits per heavy atom. The molecule has 1 unspecified atom stereocenters. The SMILES string of the molecule is CCOC1=C(Nc2ncc(Cl)c(Nc3ccccc3S(=O)(=O)C(C)C)n2)C=C2CCNC(C)(C)C2C1. The molecule has 2 aliphatic rings. The molecular weight excluding hydrogens is 498 g/mol. The fraction of sp³-hybridized carbons (Fsp3) is 0.462. The average Bonchev–Trinajstić information content (AvgIpc) is 2.82. The lowest BCUT2D eigenvalue weighted by molar-refractivity contribution is 0.171. The summed E-state index contributed by atoms with van der Waals surface area (Å²) in [4.78, 5) is 9.12. The highest BCUT2D eigenvalue weighted by Crippen LogP contribution is 2.40. The number of anilines is 3. The first-order chi connectivity index (χ1) is 17.0. The molecule has 1 fully saturated rings. The van der Waals surface area contributed by atoms with Gasteiger partial charge in [-0.1, -0.05) is 29.3 Å². The molecule has 2 heterocycles. The number of nitrogens with one attached hydrogen (secondary N) is 3. The minimum atomic E-state index is -3.51. The molecule has 1 aliphatic carbocycles. The highest BCUT2D eigenvalue weighted by Gasteiger charge is 2.38. The van der Waals surface area contributed by atoms with Crippen molar-refractivity contribution in [3.63, 3.8) is 0 Å². The van der Waals surface area contributed by atoms with Crippen LogP contribution in [0, 0.1) is 5.92 Å². The number of nitrogens with zero attached hydrogens (tertiary/aromatic N) is 2. The quantitative estimate of drug-likeness (QED) is 0.414. The smallest absolute Gasteiger partial charge is 0.229 e. The van der Waals surface area contributed by atoms with E-state index in [1.165, 1.54) is 11.8 Å². The van der Waals surface area contributed by atoms with Gasteiger partial charge >= 0.3 is 0 Å². The van der Waals surface area contributed by atoms with Gasteiger partial charge in [0.25, 0.3) is 0 Å². The molecule has 0 bridgehead atoms. The van der Waals surface area contributed by atoms with E-state index in [1.807, 2.05) is 6.92 Å². The van der Waals surface area contributed by atoms with Crippen molar-refractivity contribution in [1.82, 2.24) is 15.3 Å². The molecule has 0 spiro atoms. The van der Waals surface area contributed by atoms with Crippen LogP contribution < -0.4 is 16.0 Å². The summed E-state index contributed by atoms with van der Waals surface area (Å²) in [7, 11) is -3.51. The molecule has 1 atom stereocenters. The number of para-hydroxylation sites is 1. The number of aromatic nitrogens is 2. The van der Waals surface area contributed by atoms with Crippen molar-refractivity contribution in [2.45, 2.75) is 63.1 Å². The third kappa shape index (κ3) is 5.38. The van der Waals surface area contributed by atoms with Gasteiger partial charge in [-0.3, -0.25) is 0 Å². The second kappa shape index (κ2) is 10.4. The predicted octanol–water partition coefficient (Wildman–Crippen LogP) is 5.43. The number of allylic oxidation sites excluding steroid dienone is 2. The Bertz CT molecular complexity index is 1300. The molecule has 1 saturated heterocycles. The number of piperidine rings is 1. The molecular formula is C26H34ClN5O3S. The van der Waals surface area contributed by atoms with Gasteiger partial charge in [0.2, 0.25) is 5.95 Å². The number of rotatable bonds is 8. The largest absolute Gasteiger partial charge is 0.496 e. The maximum atomic E-state index is 12.9. The highest BCUT2D eigenvalue weighted by atomic mass is 35.5. The third-order valence-electron chi connectivity index (χ3n) is 6.71. The highest BCUT2D eigenvalue weighted by molar-refractivity contribution is 7.92. The van der Waals surface area contributed by atoms with Crippen molar-refractivity contribution < 1.29 is 13.2 Å². The first-order valence-electron chi connectivity index (χ1n) is 12.2. The maximum absolute atomic E-state index is 12.9. The summed E-state index contributed by atoms with van der Waals surface area (Å²) in [6, 6.07) is 6.74. The monoisotopic (exact) mass is 531 g/mol. The van der Waals surface area contributed by atoms with Crippen LogP contribution in [0.25, 0.3) is 0 Å². The first kappa shape index (κ1) is 26.4. The fourth-order valence-electron chi connectivity index (χ4n) is 4.66. The van der Waals surface area contributed by atoms with Gasteiger partial charge in [-0.2, -0.15) is 4.98 Å². The Morgan fingerprint density at radius 2 is 2.00 bits per heavy atom. The Morgan fingerprint density at radius 1 is 1.25 bits per heavy atom. The van der Waals surface area contributed by atoms with Crippen LogP contribution in [0.4, 0.5) is 17.5 Å². The molecule has 10 heteroatoms. The number of benzene rings is 1. The number of hydrogen-bond donors (Lipinski definition) is 3. The molecule has 0 amide bonds. The van der Waals surface area contributed by atoms with E-state index in [9.17, 15) is 8.42 Å². The summed E-state index contributed by atoms with van der Waals surface area (Å²) in [5, 5.41) is 9.74. The predicted molar refractivity (Wildman–Crippen MR) is 144 cm³/mol. The molecule has 194 valence electrons. The Hall–Kier alpha value is -2.62. The molecule has 36 heavy (non-hydrogen) atoms. The van der Waals surface area contributed by atoms with Gasteiger partial charge in [-0.25, -0.2) is 13.4 Å². The molecule has 1 aromatic heterocycles. The first-order valence-corrected chi connectivity index (χ1v) is 14.2. The minimum Gasteiger partial charge on any atom is -0.496 e. The molecule has 0 saturated carbocycles. The topological polar surface area (TPSA) is 105 Å². The minimum absolute atomic E-state index is 0.0183. The van der Waals surface area contributed by atoms with Crippen LogP contribution in [0.3, 0.4) is 0 Å². The summed E-state index contributed by atoms with van der Waals surface area (Å²) in [5.41, 5.74) is 2.59. The second-order valence-electron chi connectivity index (χ2n) is 9.87. The van der Waals surface area contributed by atoms with Gasteiger partial charge in [-0.15, -0.1) is 0 Å². The molecule has 2 aromatic rings. The molecule has 1 aromatic carbocycles. The lowest BCUT2D eigenvalue weighted by Gasteiger charge is -2.43. The van der Waals surface area contributed by atoms with Crippen molar-refractivity contribution in [2.24, 2.45) is 5.92 Å². The molecule has 3 N–H and O–H groups in total. The Balaban J connectivity index is 1.65. The van der Waals surface area contributed by atoms with E-state index in [2.05, 4.69) is 45.8 Å². The van der Waals surface area contributed by atoms with Crippen molar-refractivity contribution >= 4 is 38.9 Å². The van der Waals surface area contributed by atoms with E-state index in [-0.39, 0.29) is 15.5 Å². The van der Waals surface area contributed by atoms with E-state index in [4.69, 9.17) is 16.3 Å². The van der Waals surface area contributed by atoms with Crippen molar-refractivity contribution in [3.8, 4) is 0 Å². The van der Waals surface area contributed by atoms with Gasteiger partial charge in [0, 0.05) is 17.9 Å². The van der Waals surface area contributed by atoms with Gasteiger partial charge in [0.1, 0.15) is 10.8 Å². The van der Waals surface area contributed by atoms with Crippen molar-refractivity contribution in [1.29, 1.82) is 0 Å². The average molecular weight is 532 g/mol. The van der Waals surface area contributed by atoms with Gasteiger partial charge < -0.3 is 20.7 Å². The third-order valence-corrected chi connectivity index (χ3v) is 9.20. The van der Waals surface area contributed by atoms with Gasteiger partial charge in [0.15, 0.2) is 15.7 Å². The van der Waals surface area contributed by atoms with E-state index < -0.39 is 15.1 Å². The van der Waals surface area contributed by atoms with Crippen LogP contribution in [0.15, 0.2) is 58.5 Å². The second-order valence-corrected chi connectivity index (χ2v) is 12.8.